The third-order valence-corrected chi connectivity index (χ3v) is 2.47. The molecule has 0 amide bonds. The Bertz CT molecular complexity index is 167. The summed E-state index contributed by atoms with van der Waals surface area (Å²) in [5.41, 5.74) is 0. The summed E-state index contributed by atoms with van der Waals surface area (Å²) in [5, 5.41) is 3.27. The Hall–Kier alpha value is -0.600. The first kappa shape index (κ1) is 11.5. The van der Waals surface area contributed by atoms with Crippen LogP contribution in [0.15, 0.2) is 24.3 Å². The number of rotatable bonds is 0. The summed E-state index contributed by atoms with van der Waals surface area (Å²) in [4.78, 5) is 2.33. The summed E-state index contributed by atoms with van der Waals surface area (Å²) < 4.78 is 0. The molecule has 1 fully saturated rings. The van der Waals surface area contributed by atoms with Crippen molar-refractivity contribution in [1.29, 1.82) is 0 Å². The predicted molar refractivity (Wildman–Crippen MR) is 62.5 cm³/mol. The van der Waals surface area contributed by atoms with Crippen LogP contribution in [0.25, 0.3) is 0 Å². The Morgan fingerprint density at radius 2 is 1.57 bits per heavy atom. The molecular weight excluding hydrogens is 172 g/mol. The van der Waals surface area contributed by atoms with Gasteiger partial charge in [-0.2, -0.15) is 0 Å². The van der Waals surface area contributed by atoms with Crippen molar-refractivity contribution in [3.63, 3.8) is 0 Å². The van der Waals surface area contributed by atoms with Gasteiger partial charge in [0.05, 0.1) is 0 Å². The van der Waals surface area contributed by atoms with Gasteiger partial charge in [0.2, 0.25) is 0 Å². The van der Waals surface area contributed by atoms with Gasteiger partial charge in [-0.15, -0.1) is 0 Å². The van der Waals surface area contributed by atoms with Gasteiger partial charge in [-0.3, -0.25) is 0 Å². The van der Waals surface area contributed by atoms with Crippen molar-refractivity contribution < 1.29 is 0 Å². The molecule has 1 heterocycles. The van der Waals surface area contributed by atoms with Crippen molar-refractivity contribution in [2.75, 3.05) is 33.2 Å². The number of nitrogens with zero attached hydrogens (tertiary/aromatic N) is 1. The lowest BCUT2D eigenvalue weighted by Crippen LogP contribution is -2.40. The first-order chi connectivity index (χ1) is 6.89. The van der Waals surface area contributed by atoms with Crippen molar-refractivity contribution >= 4 is 0 Å². The second-order valence-electron chi connectivity index (χ2n) is 3.84. The first-order valence-corrected chi connectivity index (χ1v) is 5.60. The van der Waals surface area contributed by atoms with Crippen LogP contribution in [0.2, 0.25) is 0 Å². The Morgan fingerprint density at radius 1 is 1.00 bits per heavy atom. The van der Waals surface area contributed by atoms with Crippen molar-refractivity contribution in [3.05, 3.63) is 24.3 Å². The smallest absolute Gasteiger partial charge is 0.0104 e. The quantitative estimate of drug-likeness (QED) is 0.632. The van der Waals surface area contributed by atoms with Crippen LogP contribution < -0.4 is 5.32 Å². The van der Waals surface area contributed by atoms with Gasteiger partial charge in [-0.25, -0.2) is 0 Å². The zero-order valence-corrected chi connectivity index (χ0v) is 9.21. The third-order valence-electron chi connectivity index (χ3n) is 2.47. The standard InChI is InChI=1S/C7H10.C5H12N2/c1-2-4-6-7-5-3-1;1-7-4-2-6-3-5-7/h1-4H,5-7H2;6H,2-5H2,1H3. The molecule has 2 heteroatoms. The van der Waals surface area contributed by atoms with E-state index in [1.54, 1.807) is 0 Å². The van der Waals surface area contributed by atoms with Crippen LogP contribution in [0.5, 0.6) is 0 Å². The molecule has 14 heavy (non-hydrogen) atoms. The van der Waals surface area contributed by atoms with Crippen molar-refractivity contribution in [2.45, 2.75) is 19.3 Å². The van der Waals surface area contributed by atoms with Crippen molar-refractivity contribution in [1.82, 2.24) is 10.2 Å². The number of likely N-dealkylation sites (N-methyl/N-ethyl adjacent to an activating group) is 1. The fourth-order valence-electron chi connectivity index (χ4n) is 1.48. The second kappa shape index (κ2) is 7.77. The maximum Gasteiger partial charge on any atom is 0.0104 e. The highest BCUT2D eigenvalue weighted by Crippen LogP contribution is 2.01. The molecule has 0 saturated carbocycles. The molecule has 0 bridgehead atoms. The second-order valence-corrected chi connectivity index (χ2v) is 3.84. The molecule has 0 atom stereocenters. The van der Waals surface area contributed by atoms with E-state index in [1.807, 2.05) is 0 Å². The highest BCUT2D eigenvalue weighted by atomic mass is 15.2. The number of hydrogen-bond donors (Lipinski definition) is 1. The number of allylic oxidation sites excluding steroid dienone is 4. The molecule has 0 aromatic rings. The van der Waals surface area contributed by atoms with E-state index in [2.05, 4.69) is 41.6 Å². The SMILES string of the molecule is C1=CCCCC=C1.CN1CCNCC1. The van der Waals surface area contributed by atoms with Crippen LogP contribution >= 0.6 is 0 Å². The van der Waals surface area contributed by atoms with Crippen LogP contribution in [0, 0.1) is 0 Å². The van der Waals surface area contributed by atoms with E-state index < -0.39 is 0 Å². The average Bonchev–Trinajstić information content (AvgIpc) is 2.51. The molecular formula is C12H22N2. The van der Waals surface area contributed by atoms with Crippen LogP contribution in [0.1, 0.15) is 19.3 Å². The summed E-state index contributed by atoms with van der Waals surface area (Å²) in [6.07, 6.45) is 12.5. The largest absolute Gasteiger partial charge is 0.314 e. The minimum Gasteiger partial charge on any atom is -0.314 e. The zero-order valence-electron chi connectivity index (χ0n) is 9.21. The normalized spacial score (nSPS) is 22.4. The van der Waals surface area contributed by atoms with Crippen LogP contribution in [-0.2, 0) is 0 Å². The fraction of sp³-hybridized carbons (Fsp3) is 0.667. The van der Waals surface area contributed by atoms with Gasteiger partial charge in [-0.05, 0) is 26.3 Å². The van der Waals surface area contributed by atoms with E-state index in [9.17, 15) is 0 Å². The summed E-state index contributed by atoms with van der Waals surface area (Å²) in [5.74, 6) is 0. The maximum absolute atomic E-state index is 3.27. The zero-order chi connectivity index (χ0) is 10.1. The van der Waals surface area contributed by atoms with E-state index in [-0.39, 0.29) is 0 Å². The fourth-order valence-corrected chi connectivity index (χ4v) is 1.48. The number of hydrogen-bond acceptors (Lipinski definition) is 2. The van der Waals surface area contributed by atoms with Gasteiger partial charge in [-0.1, -0.05) is 24.3 Å². The Labute approximate surface area is 87.7 Å². The lowest BCUT2D eigenvalue weighted by Gasteiger charge is -2.21. The van der Waals surface area contributed by atoms with Crippen molar-refractivity contribution in [2.24, 2.45) is 0 Å². The molecule has 2 aliphatic rings. The molecule has 1 N–H and O–H groups in total. The van der Waals surface area contributed by atoms with E-state index in [4.69, 9.17) is 0 Å². The van der Waals surface area contributed by atoms with Crippen LogP contribution in [0.3, 0.4) is 0 Å². The number of piperazine rings is 1. The number of nitrogens with one attached hydrogen (secondary N) is 1. The molecule has 1 saturated heterocycles. The van der Waals surface area contributed by atoms with Crippen LogP contribution in [-0.4, -0.2) is 38.1 Å². The molecule has 2 rings (SSSR count). The van der Waals surface area contributed by atoms with Crippen LogP contribution in [0.4, 0.5) is 0 Å². The lowest BCUT2D eigenvalue weighted by atomic mass is 10.2. The highest BCUT2D eigenvalue weighted by Gasteiger charge is 2.01. The maximum atomic E-state index is 3.27. The van der Waals surface area contributed by atoms with Gasteiger partial charge in [0.25, 0.3) is 0 Å². The minimum absolute atomic E-state index is 1.16. The molecule has 0 unspecified atom stereocenters. The van der Waals surface area contributed by atoms with Gasteiger partial charge in [0.1, 0.15) is 0 Å². The summed E-state index contributed by atoms with van der Waals surface area (Å²) in [6, 6.07) is 0. The minimum atomic E-state index is 1.16. The summed E-state index contributed by atoms with van der Waals surface area (Å²) in [6.45, 7) is 4.74. The monoisotopic (exact) mass is 194 g/mol. The third kappa shape index (κ3) is 5.95. The Balaban J connectivity index is 0.000000140. The predicted octanol–water partition coefficient (Wildman–Crippen LogP) is 1.80. The first-order valence-electron chi connectivity index (χ1n) is 5.60. The summed E-state index contributed by atoms with van der Waals surface area (Å²) >= 11 is 0. The topological polar surface area (TPSA) is 15.3 Å². The van der Waals surface area contributed by atoms with Crippen molar-refractivity contribution in [3.8, 4) is 0 Å². The molecule has 0 radical (unpaired) electrons. The van der Waals surface area contributed by atoms with E-state index in [1.165, 1.54) is 32.4 Å². The molecule has 2 nitrogen and oxygen atoms in total. The molecule has 0 spiro atoms. The molecule has 0 aromatic carbocycles. The van der Waals surface area contributed by atoms with E-state index in [0.717, 1.165) is 13.1 Å². The Kier molecular flexibility index (Phi) is 6.37. The van der Waals surface area contributed by atoms with Gasteiger partial charge < -0.3 is 10.2 Å². The van der Waals surface area contributed by atoms with E-state index in [0.29, 0.717) is 0 Å². The summed E-state index contributed by atoms with van der Waals surface area (Å²) in [7, 11) is 2.15. The molecule has 80 valence electrons. The average molecular weight is 194 g/mol. The molecule has 1 aliphatic carbocycles. The van der Waals surface area contributed by atoms with Gasteiger partial charge in [0.15, 0.2) is 0 Å². The van der Waals surface area contributed by atoms with E-state index >= 15 is 0 Å². The lowest BCUT2D eigenvalue weighted by molar-refractivity contribution is 0.291. The molecule has 0 aromatic heterocycles. The Morgan fingerprint density at radius 3 is 2.00 bits per heavy atom. The molecule has 1 aliphatic heterocycles. The van der Waals surface area contributed by atoms with Gasteiger partial charge >= 0.3 is 0 Å². The highest BCUT2D eigenvalue weighted by molar-refractivity contribution is 5.04. The van der Waals surface area contributed by atoms with Gasteiger partial charge in [0, 0.05) is 26.2 Å².